The second kappa shape index (κ2) is 10.7. The predicted octanol–water partition coefficient (Wildman–Crippen LogP) is 5.17. The fourth-order valence-electron chi connectivity index (χ4n) is 6.17. The van der Waals surface area contributed by atoms with Crippen LogP contribution in [0.2, 0.25) is 0 Å². The number of ether oxygens (including phenoxy) is 3. The van der Waals surface area contributed by atoms with Gasteiger partial charge in [0.25, 0.3) is 5.91 Å². The van der Waals surface area contributed by atoms with Gasteiger partial charge in [0.05, 0.1) is 13.2 Å². The van der Waals surface area contributed by atoms with Gasteiger partial charge in [0.15, 0.2) is 17.6 Å². The van der Waals surface area contributed by atoms with Gasteiger partial charge in [-0.3, -0.25) is 4.79 Å². The lowest BCUT2D eigenvalue weighted by Crippen LogP contribution is -2.51. The summed E-state index contributed by atoms with van der Waals surface area (Å²) in [5.41, 5.74) is 3.35. The van der Waals surface area contributed by atoms with E-state index in [4.69, 9.17) is 14.2 Å². The van der Waals surface area contributed by atoms with Crippen LogP contribution in [0, 0.1) is 11.8 Å². The van der Waals surface area contributed by atoms with Crippen LogP contribution in [0.15, 0.2) is 72.8 Å². The molecule has 5 atom stereocenters. The van der Waals surface area contributed by atoms with Crippen molar-refractivity contribution in [2.24, 2.45) is 11.8 Å². The normalized spacial score (nSPS) is 23.9. The third-order valence-corrected chi connectivity index (χ3v) is 8.36. The topological polar surface area (TPSA) is 85.3 Å². The molecule has 7 heteroatoms. The first kappa shape index (κ1) is 25.4. The molecule has 7 nitrogen and oxygen atoms in total. The van der Waals surface area contributed by atoms with Crippen LogP contribution in [0.3, 0.4) is 0 Å². The summed E-state index contributed by atoms with van der Waals surface area (Å²) in [6.45, 7) is 0.474. The van der Waals surface area contributed by atoms with Crippen molar-refractivity contribution in [3.8, 4) is 11.5 Å². The van der Waals surface area contributed by atoms with Gasteiger partial charge in [-0.1, -0.05) is 66.7 Å². The molecule has 3 aliphatic rings. The Kier molecular flexibility index (Phi) is 7.00. The summed E-state index contributed by atoms with van der Waals surface area (Å²) >= 11 is 0. The van der Waals surface area contributed by atoms with Crippen molar-refractivity contribution < 1.29 is 28.9 Å². The summed E-state index contributed by atoms with van der Waals surface area (Å²) in [5.74, 6) is 0.919. The van der Waals surface area contributed by atoms with Crippen molar-refractivity contribution in [3.63, 3.8) is 0 Å². The fourth-order valence-corrected chi connectivity index (χ4v) is 6.17. The van der Waals surface area contributed by atoms with E-state index in [2.05, 4.69) is 0 Å². The molecule has 1 amide bonds. The smallest absolute Gasteiger partial charge is 0.326 e. The minimum Gasteiger partial charge on any atom is -0.493 e. The maximum Gasteiger partial charge on any atom is 0.326 e. The Hall–Kier alpha value is -3.84. The molecule has 2 aliphatic carbocycles. The van der Waals surface area contributed by atoms with Gasteiger partial charge >= 0.3 is 5.97 Å². The highest BCUT2D eigenvalue weighted by Gasteiger charge is 2.50. The maximum atomic E-state index is 14.1. The van der Waals surface area contributed by atoms with Gasteiger partial charge in [-0.15, -0.1) is 0 Å². The summed E-state index contributed by atoms with van der Waals surface area (Å²) in [6.07, 6.45) is 2.54. The van der Waals surface area contributed by atoms with E-state index < -0.39 is 18.1 Å². The first-order chi connectivity index (χ1) is 19.0. The third-order valence-electron chi connectivity index (χ3n) is 8.36. The van der Waals surface area contributed by atoms with Crippen LogP contribution in [0.5, 0.6) is 11.5 Å². The Morgan fingerprint density at radius 3 is 2.38 bits per heavy atom. The molecule has 2 fully saturated rings. The Labute approximate surface area is 228 Å². The standard InChI is InChI=1S/C32H33NO6/c1-37-28-15-13-23-18-33(26(32(35)36)17-25(23)30(28)38-19-20-8-4-2-5-9-20)31(34)29(21-10-6-3-7-11-21)39-27-14-12-22-16-24(22)27/h2-11,13,15,22,24,26-27,29H,12,14,16-19H2,1H3,(H,35,36)/t22?,24?,26-,27?,29+/m0/s1. The Bertz CT molecular complexity index is 1340. The minimum atomic E-state index is -1.05. The lowest BCUT2D eigenvalue weighted by molar-refractivity contribution is -0.160. The number of hydrogen-bond acceptors (Lipinski definition) is 5. The number of rotatable bonds is 9. The number of fused-ring (bicyclic) bond motifs is 2. The Morgan fingerprint density at radius 1 is 1.00 bits per heavy atom. The van der Waals surface area contributed by atoms with Crippen molar-refractivity contribution in [3.05, 3.63) is 95.1 Å². The first-order valence-corrected chi connectivity index (χ1v) is 13.6. The van der Waals surface area contributed by atoms with Crippen molar-refractivity contribution in [2.45, 2.75) is 57.1 Å². The third kappa shape index (κ3) is 5.11. The largest absolute Gasteiger partial charge is 0.493 e. The average Bonchev–Trinajstić information content (AvgIpc) is 3.65. The summed E-state index contributed by atoms with van der Waals surface area (Å²) in [5, 5.41) is 10.3. The van der Waals surface area contributed by atoms with Gasteiger partial charge in [0.2, 0.25) is 0 Å². The van der Waals surface area contributed by atoms with E-state index in [1.165, 1.54) is 4.90 Å². The number of amides is 1. The van der Waals surface area contributed by atoms with E-state index in [0.717, 1.165) is 41.5 Å². The van der Waals surface area contributed by atoms with Gasteiger partial charge in [0.1, 0.15) is 12.6 Å². The van der Waals surface area contributed by atoms with Gasteiger partial charge in [-0.05, 0) is 53.9 Å². The van der Waals surface area contributed by atoms with Crippen LogP contribution >= 0.6 is 0 Å². The van der Waals surface area contributed by atoms with E-state index in [1.54, 1.807) is 7.11 Å². The number of hydrogen-bond donors (Lipinski definition) is 1. The molecule has 2 saturated carbocycles. The number of methoxy groups -OCH3 is 1. The van der Waals surface area contributed by atoms with Gasteiger partial charge in [-0.25, -0.2) is 4.79 Å². The quantitative estimate of drug-likeness (QED) is 0.413. The van der Waals surface area contributed by atoms with Crippen LogP contribution in [-0.4, -0.2) is 41.1 Å². The van der Waals surface area contributed by atoms with Crippen molar-refractivity contribution in [1.82, 2.24) is 4.90 Å². The van der Waals surface area contributed by atoms with E-state index in [1.807, 2.05) is 72.8 Å². The fraction of sp³-hybridized carbons (Fsp3) is 0.375. The zero-order chi connectivity index (χ0) is 26.9. The number of benzene rings is 3. The Balaban J connectivity index is 1.31. The van der Waals surface area contributed by atoms with Gasteiger partial charge < -0.3 is 24.2 Å². The highest BCUT2D eigenvalue weighted by molar-refractivity contribution is 5.88. The molecule has 0 aromatic heterocycles. The molecule has 0 radical (unpaired) electrons. The highest BCUT2D eigenvalue weighted by Crippen LogP contribution is 2.54. The van der Waals surface area contributed by atoms with E-state index in [0.29, 0.717) is 29.9 Å². The minimum absolute atomic E-state index is 0.0340. The van der Waals surface area contributed by atoms with Crippen molar-refractivity contribution in [1.29, 1.82) is 0 Å². The summed E-state index contributed by atoms with van der Waals surface area (Å²) < 4.78 is 18.3. The molecule has 0 spiro atoms. The molecule has 39 heavy (non-hydrogen) atoms. The summed E-state index contributed by atoms with van der Waals surface area (Å²) in [6, 6.07) is 21.9. The monoisotopic (exact) mass is 527 g/mol. The zero-order valence-electron chi connectivity index (χ0n) is 22.0. The maximum absolute atomic E-state index is 14.1. The molecule has 6 rings (SSSR count). The SMILES string of the molecule is COc1ccc2c(c1OCc1ccccc1)C[C@@H](C(=O)O)N(C(=O)[C@H](OC1CCC3CC31)c1ccccc1)C2. The van der Waals surface area contributed by atoms with Crippen LogP contribution in [0.1, 0.15) is 47.6 Å². The predicted molar refractivity (Wildman–Crippen MR) is 144 cm³/mol. The molecule has 0 saturated heterocycles. The molecule has 1 heterocycles. The molecule has 1 aliphatic heterocycles. The van der Waals surface area contributed by atoms with Crippen LogP contribution in [0.25, 0.3) is 0 Å². The molecule has 1 N–H and O–H groups in total. The molecular weight excluding hydrogens is 494 g/mol. The summed E-state index contributed by atoms with van der Waals surface area (Å²) in [7, 11) is 1.57. The lowest BCUT2D eigenvalue weighted by Gasteiger charge is -2.38. The van der Waals surface area contributed by atoms with E-state index >= 15 is 0 Å². The van der Waals surface area contributed by atoms with Crippen molar-refractivity contribution >= 4 is 11.9 Å². The van der Waals surface area contributed by atoms with Gasteiger partial charge in [-0.2, -0.15) is 0 Å². The average molecular weight is 528 g/mol. The zero-order valence-corrected chi connectivity index (χ0v) is 22.0. The molecular formula is C32H33NO6. The highest BCUT2D eigenvalue weighted by atomic mass is 16.5. The number of aliphatic carboxylic acids is 1. The molecule has 202 valence electrons. The second-order valence-electron chi connectivity index (χ2n) is 10.7. The van der Waals surface area contributed by atoms with Gasteiger partial charge in [0, 0.05) is 18.5 Å². The number of carboxylic acid groups (broad SMARTS) is 1. The first-order valence-electron chi connectivity index (χ1n) is 13.6. The molecule has 0 bridgehead atoms. The number of nitrogens with zero attached hydrogens (tertiary/aromatic N) is 1. The van der Waals surface area contributed by atoms with E-state index in [-0.39, 0.29) is 25.0 Å². The van der Waals surface area contributed by atoms with Crippen LogP contribution < -0.4 is 9.47 Å². The number of carbonyl (C=O) groups excluding carboxylic acids is 1. The van der Waals surface area contributed by atoms with E-state index in [9.17, 15) is 14.7 Å². The number of carbonyl (C=O) groups is 2. The van der Waals surface area contributed by atoms with Crippen LogP contribution in [0.4, 0.5) is 0 Å². The van der Waals surface area contributed by atoms with Crippen LogP contribution in [-0.2, 0) is 33.9 Å². The molecule has 3 unspecified atom stereocenters. The molecule has 3 aromatic rings. The second-order valence-corrected chi connectivity index (χ2v) is 10.7. The Morgan fingerprint density at radius 2 is 1.74 bits per heavy atom. The van der Waals surface area contributed by atoms with Crippen molar-refractivity contribution in [2.75, 3.05) is 7.11 Å². The summed E-state index contributed by atoms with van der Waals surface area (Å²) in [4.78, 5) is 28.2. The molecule has 3 aromatic carbocycles. The lowest BCUT2D eigenvalue weighted by atomic mass is 9.91. The number of carboxylic acids is 1.